The van der Waals surface area contributed by atoms with Crippen LogP contribution in [0.25, 0.3) is 0 Å². The quantitative estimate of drug-likeness (QED) is 0.321. The molecule has 0 saturated heterocycles. The highest BCUT2D eigenvalue weighted by atomic mass is 16.4. The summed E-state index contributed by atoms with van der Waals surface area (Å²) in [5, 5.41) is 14.0. The van der Waals surface area contributed by atoms with Crippen LogP contribution in [0.5, 0.6) is 0 Å². The largest absolute Gasteiger partial charge is 0.481 e. The van der Waals surface area contributed by atoms with E-state index in [2.05, 4.69) is 10.6 Å². The van der Waals surface area contributed by atoms with E-state index in [-0.39, 0.29) is 24.6 Å². The van der Waals surface area contributed by atoms with Gasteiger partial charge in [0, 0.05) is 5.56 Å². The molecule has 2 unspecified atom stereocenters. The Morgan fingerprint density at radius 3 is 2.15 bits per heavy atom. The van der Waals surface area contributed by atoms with Gasteiger partial charge >= 0.3 is 5.97 Å². The molecule has 4 rings (SSSR count). The second kappa shape index (κ2) is 13.2. The van der Waals surface area contributed by atoms with E-state index >= 15 is 0 Å². The second-order valence-corrected chi connectivity index (χ2v) is 9.38. The van der Waals surface area contributed by atoms with Crippen LogP contribution in [0, 0.1) is 0 Å². The number of fused-ring (bicyclic) bond motifs is 1. The van der Waals surface area contributed by atoms with Gasteiger partial charge < -0.3 is 25.4 Å². The standard InChI is InChI=1S/C30H28N4O7/c35-19-22(16-28(38)39)31-26(36)18-34-25-14-8-7-13-24(25)33(27(37)15-20-9-3-1-4-10-20)17-23(30(34)41)32-29(40)21-11-5-2-6-12-21/h1-14,19,22-23H,15-18H2,(H,31,36)(H,32,40)(H,38,39). The Bertz CT molecular complexity index is 1450. The molecule has 2 atom stereocenters. The topological polar surface area (TPSA) is 153 Å². The molecule has 1 aliphatic heterocycles. The van der Waals surface area contributed by atoms with Crippen LogP contribution in [-0.4, -0.2) is 66.2 Å². The number of hydrogen-bond donors (Lipinski definition) is 3. The third-order valence-electron chi connectivity index (χ3n) is 6.44. The van der Waals surface area contributed by atoms with E-state index in [1.165, 1.54) is 4.90 Å². The van der Waals surface area contributed by atoms with Crippen molar-refractivity contribution in [2.75, 3.05) is 22.9 Å². The molecule has 0 fully saturated rings. The maximum Gasteiger partial charge on any atom is 0.305 e. The molecule has 0 aliphatic carbocycles. The number of nitrogens with zero attached hydrogens (tertiary/aromatic N) is 2. The van der Waals surface area contributed by atoms with Crippen LogP contribution in [0.15, 0.2) is 84.9 Å². The molecule has 0 bridgehead atoms. The van der Waals surface area contributed by atoms with Crippen molar-refractivity contribution >= 4 is 47.3 Å². The van der Waals surface area contributed by atoms with Crippen LogP contribution in [-0.2, 0) is 30.4 Å². The maximum absolute atomic E-state index is 13.9. The van der Waals surface area contributed by atoms with Gasteiger partial charge in [-0.25, -0.2) is 0 Å². The number of rotatable bonds is 10. The van der Waals surface area contributed by atoms with Gasteiger partial charge in [0.05, 0.1) is 36.8 Å². The summed E-state index contributed by atoms with van der Waals surface area (Å²) in [7, 11) is 0. The Kier molecular flexibility index (Phi) is 9.20. The van der Waals surface area contributed by atoms with Gasteiger partial charge in [-0.2, -0.15) is 0 Å². The summed E-state index contributed by atoms with van der Waals surface area (Å²) in [5.74, 6) is -3.60. The van der Waals surface area contributed by atoms with E-state index in [9.17, 15) is 28.8 Å². The molecule has 4 amide bonds. The molecule has 0 aromatic heterocycles. The first kappa shape index (κ1) is 28.7. The molecule has 11 heteroatoms. The van der Waals surface area contributed by atoms with E-state index in [1.54, 1.807) is 66.7 Å². The van der Waals surface area contributed by atoms with Gasteiger partial charge in [-0.1, -0.05) is 60.7 Å². The lowest BCUT2D eigenvalue weighted by molar-refractivity contribution is -0.139. The predicted octanol–water partition coefficient (Wildman–Crippen LogP) is 1.57. The number of carbonyl (C=O) groups excluding carboxylic acids is 5. The Labute approximate surface area is 235 Å². The fourth-order valence-electron chi connectivity index (χ4n) is 4.51. The highest BCUT2D eigenvalue weighted by molar-refractivity contribution is 6.11. The zero-order valence-corrected chi connectivity index (χ0v) is 21.9. The fourth-order valence-corrected chi connectivity index (χ4v) is 4.51. The zero-order chi connectivity index (χ0) is 29.4. The van der Waals surface area contributed by atoms with Crippen molar-refractivity contribution in [1.82, 2.24) is 10.6 Å². The monoisotopic (exact) mass is 556 g/mol. The van der Waals surface area contributed by atoms with E-state index < -0.39 is 48.7 Å². The summed E-state index contributed by atoms with van der Waals surface area (Å²) in [6.45, 7) is -0.785. The van der Waals surface area contributed by atoms with Crippen molar-refractivity contribution in [3.8, 4) is 0 Å². The van der Waals surface area contributed by atoms with Gasteiger partial charge in [0.25, 0.3) is 11.8 Å². The van der Waals surface area contributed by atoms with Crippen LogP contribution in [0.1, 0.15) is 22.3 Å². The van der Waals surface area contributed by atoms with Crippen molar-refractivity contribution in [2.45, 2.75) is 24.9 Å². The van der Waals surface area contributed by atoms with Crippen LogP contribution in [0.3, 0.4) is 0 Å². The minimum atomic E-state index is -1.30. The molecule has 11 nitrogen and oxygen atoms in total. The third-order valence-corrected chi connectivity index (χ3v) is 6.44. The molecule has 0 saturated carbocycles. The summed E-state index contributed by atoms with van der Waals surface area (Å²) >= 11 is 0. The molecule has 0 radical (unpaired) electrons. The smallest absolute Gasteiger partial charge is 0.305 e. The van der Waals surface area contributed by atoms with Gasteiger partial charge in [0.15, 0.2) is 0 Å². The van der Waals surface area contributed by atoms with E-state index in [0.717, 1.165) is 10.5 Å². The highest BCUT2D eigenvalue weighted by Crippen LogP contribution is 2.33. The number of para-hydroxylation sites is 2. The Morgan fingerprint density at radius 2 is 1.51 bits per heavy atom. The molecule has 3 N–H and O–H groups in total. The summed E-state index contributed by atoms with van der Waals surface area (Å²) in [4.78, 5) is 78.4. The number of amides is 4. The molecular weight excluding hydrogens is 528 g/mol. The van der Waals surface area contributed by atoms with Gasteiger partial charge in [-0.15, -0.1) is 0 Å². The first-order valence-corrected chi connectivity index (χ1v) is 12.8. The zero-order valence-electron chi connectivity index (χ0n) is 21.9. The van der Waals surface area contributed by atoms with Crippen molar-refractivity contribution < 1.29 is 33.9 Å². The highest BCUT2D eigenvalue weighted by Gasteiger charge is 2.38. The molecule has 210 valence electrons. The number of hydrogen-bond acceptors (Lipinski definition) is 6. The number of anilines is 2. The minimum Gasteiger partial charge on any atom is -0.481 e. The molecule has 0 spiro atoms. The van der Waals surface area contributed by atoms with Crippen LogP contribution in [0.2, 0.25) is 0 Å². The van der Waals surface area contributed by atoms with Gasteiger partial charge in [0.1, 0.15) is 18.9 Å². The number of aldehydes is 1. The van der Waals surface area contributed by atoms with Crippen LogP contribution >= 0.6 is 0 Å². The number of carboxylic acids is 1. The van der Waals surface area contributed by atoms with E-state index in [4.69, 9.17) is 5.11 Å². The predicted molar refractivity (Wildman–Crippen MR) is 149 cm³/mol. The van der Waals surface area contributed by atoms with Gasteiger partial charge in [0.2, 0.25) is 11.8 Å². The molecule has 3 aromatic carbocycles. The summed E-state index contributed by atoms with van der Waals surface area (Å²) in [5.41, 5.74) is 1.65. The SMILES string of the molecule is O=CC(CC(=O)O)NC(=O)CN1C(=O)C(NC(=O)c2ccccc2)CN(C(=O)Cc2ccccc2)c2ccccc21. The second-order valence-electron chi connectivity index (χ2n) is 9.38. The molecule has 1 heterocycles. The molecule has 1 aliphatic rings. The number of benzene rings is 3. The van der Waals surface area contributed by atoms with Crippen molar-refractivity contribution in [3.63, 3.8) is 0 Å². The average molecular weight is 557 g/mol. The number of aliphatic carboxylic acids is 1. The van der Waals surface area contributed by atoms with E-state index in [0.29, 0.717) is 17.5 Å². The summed E-state index contributed by atoms with van der Waals surface area (Å²) < 4.78 is 0. The third kappa shape index (κ3) is 7.21. The van der Waals surface area contributed by atoms with Crippen LogP contribution in [0.4, 0.5) is 11.4 Å². The van der Waals surface area contributed by atoms with Gasteiger partial charge in [-0.05, 0) is 29.8 Å². The summed E-state index contributed by atoms with van der Waals surface area (Å²) in [6, 6.07) is 21.3. The first-order valence-electron chi connectivity index (χ1n) is 12.8. The molecular formula is C30H28N4O7. The molecule has 41 heavy (non-hydrogen) atoms. The first-order chi connectivity index (χ1) is 19.8. The normalized spacial score (nSPS) is 15.2. The van der Waals surface area contributed by atoms with Crippen molar-refractivity contribution in [2.24, 2.45) is 0 Å². The number of carboxylic acid groups (broad SMARTS) is 1. The van der Waals surface area contributed by atoms with Crippen LogP contribution < -0.4 is 20.4 Å². The Hall–Kier alpha value is -5.32. The Balaban J connectivity index is 1.69. The summed E-state index contributed by atoms with van der Waals surface area (Å²) in [6.07, 6.45) is -0.298. The van der Waals surface area contributed by atoms with Crippen molar-refractivity contribution in [1.29, 1.82) is 0 Å². The lowest BCUT2D eigenvalue weighted by Crippen LogP contribution is -2.54. The number of carbonyl (C=O) groups is 6. The minimum absolute atomic E-state index is 0.0272. The maximum atomic E-state index is 13.9. The van der Waals surface area contributed by atoms with Crippen molar-refractivity contribution in [3.05, 3.63) is 96.1 Å². The average Bonchev–Trinajstić information content (AvgIpc) is 3.08. The molecule has 3 aromatic rings. The van der Waals surface area contributed by atoms with Gasteiger partial charge in [-0.3, -0.25) is 28.9 Å². The van der Waals surface area contributed by atoms with E-state index in [1.807, 2.05) is 18.2 Å². The Morgan fingerprint density at radius 1 is 0.902 bits per heavy atom. The lowest BCUT2D eigenvalue weighted by Gasteiger charge is -2.25. The fraction of sp³-hybridized carbons (Fsp3) is 0.200. The number of nitrogens with one attached hydrogen (secondary N) is 2. The lowest BCUT2D eigenvalue weighted by atomic mass is 10.1.